The number of rotatable bonds is 3. The van der Waals surface area contributed by atoms with E-state index in [4.69, 9.17) is 4.52 Å². The van der Waals surface area contributed by atoms with Crippen molar-refractivity contribution in [3.8, 4) is 0 Å². The number of nitrogens with zero attached hydrogens (tertiary/aromatic N) is 4. The Kier molecular flexibility index (Phi) is 2.68. The Labute approximate surface area is 85.4 Å². The van der Waals surface area contributed by atoms with E-state index in [1.807, 2.05) is 30.3 Å². The van der Waals surface area contributed by atoms with Crippen LogP contribution in [0.1, 0.15) is 5.56 Å². The van der Waals surface area contributed by atoms with Crippen molar-refractivity contribution >= 4 is 5.88 Å². The first-order valence-corrected chi connectivity index (χ1v) is 4.32. The van der Waals surface area contributed by atoms with Crippen molar-refractivity contribution in [1.82, 2.24) is 5.27 Å². The summed E-state index contributed by atoms with van der Waals surface area (Å²) in [5.74, 6) is 0.0981. The van der Waals surface area contributed by atoms with E-state index in [2.05, 4.69) is 15.7 Å². The van der Waals surface area contributed by atoms with Gasteiger partial charge in [0, 0.05) is 5.56 Å². The molecule has 0 radical (unpaired) electrons. The van der Waals surface area contributed by atoms with Gasteiger partial charge in [0.15, 0.2) is 0 Å². The highest BCUT2D eigenvalue weighted by molar-refractivity contribution is 5.14. The summed E-state index contributed by atoms with van der Waals surface area (Å²) in [6, 6.07) is 9.75. The third-order valence-electron chi connectivity index (χ3n) is 1.83. The molecule has 1 aromatic carbocycles. The third-order valence-corrected chi connectivity index (χ3v) is 1.83. The smallest absolute Gasteiger partial charge is 0.339 e. The molecule has 2 aromatic rings. The van der Waals surface area contributed by atoms with E-state index >= 15 is 0 Å². The van der Waals surface area contributed by atoms with Gasteiger partial charge in [-0.15, -0.1) is 5.11 Å². The fraction of sp³-hybridized carbons (Fsp3) is 0.111. The minimum Gasteiger partial charge on any atom is -0.775 e. The van der Waals surface area contributed by atoms with Crippen LogP contribution in [0.4, 0.5) is 5.88 Å². The van der Waals surface area contributed by atoms with E-state index < -0.39 is 0 Å². The Hall–Kier alpha value is -2.24. The van der Waals surface area contributed by atoms with Gasteiger partial charge < -0.3 is 5.21 Å². The van der Waals surface area contributed by atoms with Crippen LogP contribution >= 0.6 is 0 Å². The van der Waals surface area contributed by atoms with E-state index in [1.165, 1.54) is 6.20 Å². The molecule has 0 saturated heterocycles. The molecular weight excluding hydrogens is 196 g/mol. The maximum Gasteiger partial charge on any atom is 0.339 e. The first kappa shape index (κ1) is 9.32. The second kappa shape index (κ2) is 4.32. The van der Waals surface area contributed by atoms with Crippen molar-refractivity contribution in [2.45, 2.75) is 6.54 Å². The maximum atomic E-state index is 9.83. The molecule has 6 nitrogen and oxygen atoms in total. The van der Waals surface area contributed by atoms with Crippen molar-refractivity contribution in [1.29, 1.82) is 0 Å². The van der Waals surface area contributed by atoms with Crippen LogP contribution in [-0.2, 0) is 6.54 Å². The molecule has 15 heavy (non-hydrogen) atoms. The highest BCUT2D eigenvalue weighted by atomic mass is 16.5. The lowest BCUT2D eigenvalue weighted by Crippen LogP contribution is -2.34. The molecule has 0 bridgehead atoms. The second-order valence-electron chi connectivity index (χ2n) is 2.91. The molecule has 0 unspecified atom stereocenters. The largest absolute Gasteiger partial charge is 0.775 e. The topological polar surface area (TPSA) is 77.7 Å². The van der Waals surface area contributed by atoms with Crippen LogP contribution in [0.25, 0.3) is 0 Å². The van der Waals surface area contributed by atoms with Gasteiger partial charge in [-0.2, -0.15) is 0 Å². The van der Waals surface area contributed by atoms with Crippen LogP contribution in [0.3, 0.4) is 0 Å². The SMILES string of the molecule is [O-]N=Nc1c[n+](Cc2ccccc2)no1. The maximum absolute atomic E-state index is 9.83. The van der Waals surface area contributed by atoms with Gasteiger partial charge in [0.2, 0.25) is 11.8 Å². The van der Waals surface area contributed by atoms with E-state index in [0.29, 0.717) is 6.54 Å². The summed E-state index contributed by atoms with van der Waals surface area (Å²) in [6.45, 7) is 0.568. The molecule has 0 atom stereocenters. The van der Waals surface area contributed by atoms with Gasteiger partial charge in [-0.25, -0.2) is 5.28 Å². The standard InChI is InChI=1S/C9H8N4O2/c14-11-10-9-7-13(12-15-9)6-8-4-2-1-3-5-8/h1-5,7H,6H2. The van der Waals surface area contributed by atoms with Crippen molar-refractivity contribution < 1.29 is 9.20 Å². The molecule has 0 aliphatic rings. The molecular formula is C9H8N4O2. The summed E-state index contributed by atoms with van der Waals surface area (Å²) in [5.41, 5.74) is 1.08. The van der Waals surface area contributed by atoms with Crippen molar-refractivity contribution in [3.05, 3.63) is 47.3 Å². The van der Waals surface area contributed by atoms with Crippen LogP contribution in [0.15, 0.2) is 51.4 Å². The second-order valence-corrected chi connectivity index (χ2v) is 2.91. The zero-order chi connectivity index (χ0) is 10.5. The van der Waals surface area contributed by atoms with Gasteiger partial charge in [-0.1, -0.05) is 30.3 Å². The fourth-order valence-electron chi connectivity index (χ4n) is 1.20. The lowest BCUT2D eigenvalue weighted by Gasteiger charge is -1.89. The summed E-state index contributed by atoms with van der Waals surface area (Å²) in [7, 11) is 0. The predicted molar refractivity (Wildman–Crippen MR) is 50.1 cm³/mol. The highest BCUT2D eigenvalue weighted by Crippen LogP contribution is 2.06. The average Bonchev–Trinajstić information content (AvgIpc) is 2.68. The quantitative estimate of drug-likeness (QED) is 0.432. The summed E-state index contributed by atoms with van der Waals surface area (Å²) < 4.78 is 6.27. The van der Waals surface area contributed by atoms with Crippen LogP contribution < -0.4 is 4.68 Å². The molecule has 6 heteroatoms. The Morgan fingerprint density at radius 3 is 2.87 bits per heavy atom. The molecule has 76 valence electrons. The first-order chi connectivity index (χ1) is 7.38. The molecule has 0 spiro atoms. The monoisotopic (exact) mass is 204 g/mol. The summed E-state index contributed by atoms with van der Waals surface area (Å²) in [6.07, 6.45) is 1.51. The normalized spacial score (nSPS) is 10.9. The Morgan fingerprint density at radius 2 is 2.13 bits per heavy atom. The van der Waals surface area contributed by atoms with E-state index in [-0.39, 0.29) is 5.88 Å². The van der Waals surface area contributed by atoms with Gasteiger partial charge in [-0.05, 0) is 4.68 Å². The number of hydrogen-bond donors (Lipinski definition) is 0. The molecule has 0 amide bonds. The zero-order valence-corrected chi connectivity index (χ0v) is 7.78. The number of hydrogen-bond acceptors (Lipinski definition) is 5. The van der Waals surface area contributed by atoms with E-state index in [1.54, 1.807) is 4.68 Å². The lowest BCUT2D eigenvalue weighted by molar-refractivity contribution is -0.754. The predicted octanol–water partition coefficient (Wildman–Crippen LogP) is 1.59. The molecule has 0 N–H and O–H groups in total. The van der Waals surface area contributed by atoms with E-state index in [0.717, 1.165) is 5.56 Å². The molecule has 0 aliphatic heterocycles. The molecule has 0 aliphatic carbocycles. The lowest BCUT2D eigenvalue weighted by atomic mass is 10.2. The minimum absolute atomic E-state index is 0.0981. The Bertz CT molecular complexity index is 452. The van der Waals surface area contributed by atoms with Gasteiger partial charge in [0.25, 0.3) is 6.20 Å². The average molecular weight is 204 g/mol. The van der Waals surface area contributed by atoms with Crippen molar-refractivity contribution in [2.75, 3.05) is 0 Å². The molecule has 0 saturated carbocycles. The fourth-order valence-corrected chi connectivity index (χ4v) is 1.20. The molecule has 1 heterocycles. The van der Waals surface area contributed by atoms with E-state index in [9.17, 15) is 5.21 Å². The number of aromatic nitrogens is 2. The van der Waals surface area contributed by atoms with Crippen LogP contribution in [0, 0.1) is 5.21 Å². The summed E-state index contributed by atoms with van der Waals surface area (Å²) in [5, 5.41) is 19.0. The Balaban J connectivity index is 2.11. The molecule has 2 rings (SSSR count). The van der Waals surface area contributed by atoms with Crippen LogP contribution in [-0.4, -0.2) is 5.27 Å². The third kappa shape index (κ3) is 2.37. The summed E-state index contributed by atoms with van der Waals surface area (Å²) >= 11 is 0. The van der Waals surface area contributed by atoms with Crippen LogP contribution in [0.5, 0.6) is 0 Å². The van der Waals surface area contributed by atoms with Crippen molar-refractivity contribution in [2.24, 2.45) is 10.4 Å². The number of benzene rings is 1. The highest BCUT2D eigenvalue weighted by Gasteiger charge is 2.10. The van der Waals surface area contributed by atoms with Crippen LogP contribution in [0.2, 0.25) is 0 Å². The Morgan fingerprint density at radius 1 is 1.33 bits per heavy atom. The van der Waals surface area contributed by atoms with Gasteiger partial charge in [-0.3, -0.25) is 4.52 Å². The zero-order valence-electron chi connectivity index (χ0n) is 7.78. The van der Waals surface area contributed by atoms with Gasteiger partial charge in [0.05, 0.1) is 0 Å². The van der Waals surface area contributed by atoms with Crippen molar-refractivity contribution in [3.63, 3.8) is 0 Å². The minimum atomic E-state index is 0.0981. The molecule has 1 aromatic heterocycles. The summed E-state index contributed by atoms with van der Waals surface area (Å²) in [4.78, 5) is 0. The molecule has 0 fully saturated rings. The van der Waals surface area contributed by atoms with Gasteiger partial charge in [0.1, 0.15) is 0 Å². The van der Waals surface area contributed by atoms with Gasteiger partial charge >= 0.3 is 5.88 Å². The first-order valence-electron chi connectivity index (χ1n) is 4.32.